The smallest absolute Gasteiger partial charge is 0.405 e. The van der Waals surface area contributed by atoms with Gasteiger partial charge in [-0.15, -0.1) is 13.2 Å². The van der Waals surface area contributed by atoms with Gasteiger partial charge in [0.05, 0.1) is 6.54 Å². The number of nitrogens with one attached hydrogen (secondary N) is 2. The van der Waals surface area contributed by atoms with Crippen molar-refractivity contribution in [1.82, 2.24) is 10.2 Å². The van der Waals surface area contributed by atoms with E-state index in [1.807, 2.05) is 13.0 Å². The first-order valence-electron chi connectivity index (χ1n) is 8.33. The molecular formula is C19H20F3N3O3. The minimum atomic E-state index is -4.83. The average Bonchev–Trinajstić information content (AvgIpc) is 2.60. The van der Waals surface area contributed by atoms with E-state index in [4.69, 9.17) is 0 Å². The van der Waals surface area contributed by atoms with Crippen molar-refractivity contribution in [1.29, 1.82) is 0 Å². The van der Waals surface area contributed by atoms with Crippen LogP contribution in [0.5, 0.6) is 5.75 Å². The van der Waals surface area contributed by atoms with Gasteiger partial charge in [-0.25, -0.2) is 4.79 Å². The summed E-state index contributed by atoms with van der Waals surface area (Å²) in [5, 5.41) is 5.01. The third kappa shape index (κ3) is 6.82. The molecule has 0 saturated heterocycles. The molecule has 0 heterocycles. The van der Waals surface area contributed by atoms with Crippen LogP contribution in [0.15, 0.2) is 48.5 Å². The van der Waals surface area contributed by atoms with Crippen molar-refractivity contribution in [3.05, 3.63) is 59.7 Å². The molecule has 2 N–H and O–H groups in total. The van der Waals surface area contributed by atoms with Gasteiger partial charge in [-0.2, -0.15) is 0 Å². The second-order valence-electron chi connectivity index (χ2n) is 6.08. The number of aryl methyl sites for hydroxylation is 1. The van der Waals surface area contributed by atoms with Crippen LogP contribution in [0, 0.1) is 6.92 Å². The van der Waals surface area contributed by atoms with Gasteiger partial charge in [0.15, 0.2) is 0 Å². The van der Waals surface area contributed by atoms with Crippen LogP contribution in [0.4, 0.5) is 23.7 Å². The Balaban J connectivity index is 1.88. The quantitative estimate of drug-likeness (QED) is 0.784. The number of hydrogen-bond acceptors (Lipinski definition) is 3. The predicted molar refractivity (Wildman–Crippen MR) is 97.8 cm³/mol. The van der Waals surface area contributed by atoms with E-state index < -0.39 is 18.3 Å². The van der Waals surface area contributed by atoms with E-state index in [0.29, 0.717) is 5.69 Å². The Hall–Kier alpha value is -3.23. The van der Waals surface area contributed by atoms with Crippen LogP contribution in [0.1, 0.15) is 11.1 Å². The Morgan fingerprint density at radius 2 is 1.82 bits per heavy atom. The summed E-state index contributed by atoms with van der Waals surface area (Å²) >= 11 is 0. The number of nitrogens with zero attached hydrogens (tertiary/aromatic N) is 1. The third-order valence-corrected chi connectivity index (χ3v) is 3.71. The van der Waals surface area contributed by atoms with Crippen molar-refractivity contribution >= 4 is 17.6 Å². The highest BCUT2D eigenvalue weighted by molar-refractivity contribution is 5.92. The molecule has 0 fully saturated rings. The maximum Gasteiger partial charge on any atom is 0.573 e. The summed E-state index contributed by atoms with van der Waals surface area (Å²) in [6.45, 7) is 1.46. The van der Waals surface area contributed by atoms with E-state index in [2.05, 4.69) is 15.4 Å². The van der Waals surface area contributed by atoms with Crippen molar-refractivity contribution in [2.45, 2.75) is 19.8 Å². The normalized spacial score (nSPS) is 10.9. The van der Waals surface area contributed by atoms with E-state index in [-0.39, 0.29) is 24.4 Å². The molecule has 0 radical (unpaired) electrons. The van der Waals surface area contributed by atoms with Crippen molar-refractivity contribution in [2.75, 3.05) is 18.9 Å². The highest BCUT2D eigenvalue weighted by atomic mass is 19.4. The molecule has 0 unspecified atom stereocenters. The molecule has 9 heteroatoms. The Bertz CT molecular complexity index is 840. The third-order valence-electron chi connectivity index (χ3n) is 3.71. The number of ether oxygens (including phenoxy) is 1. The Kier molecular flexibility index (Phi) is 6.86. The fraction of sp³-hybridized carbons (Fsp3) is 0.263. The molecule has 2 aromatic carbocycles. The molecule has 0 aliphatic heterocycles. The number of hydrogen-bond donors (Lipinski definition) is 2. The van der Waals surface area contributed by atoms with Gasteiger partial charge >= 0.3 is 12.4 Å². The molecule has 2 rings (SSSR count). The number of likely N-dealkylation sites (N-methyl/N-ethyl adjacent to an activating group) is 1. The number of carbonyl (C=O) groups excluding carboxylic acids is 2. The lowest BCUT2D eigenvalue weighted by Crippen LogP contribution is -2.39. The number of para-hydroxylation sites is 1. The predicted octanol–water partition coefficient (Wildman–Crippen LogP) is 3.67. The molecule has 0 bridgehead atoms. The van der Waals surface area contributed by atoms with Crippen LogP contribution in [0.25, 0.3) is 0 Å². The van der Waals surface area contributed by atoms with Gasteiger partial charge < -0.3 is 20.3 Å². The fourth-order valence-electron chi connectivity index (χ4n) is 2.39. The first-order valence-corrected chi connectivity index (χ1v) is 8.33. The zero-order valence-electron chi connectivity index (χ0n) is 15.3. The number of benzene rings is 2. The first kappa shape index (κ1) is 21.1. The Morgan fingerprint density at radius 1 is 1.11 bits per heavy atom. The molecule has 0 spiro atoms. The van der Waals surface area contributed by atoms with Gasteiger partial charge in [-0.3, -0.25) is 4.79 Å². The molecule has 28 heavy (non-hydrogen) atoms. The second-order valence-corrected chi connectivity index (χ2v) is 6.08. The summed E-state index contributed by atoms with van der Waals surface area (Å²) in [6, 6.07) is 12.1. The average molecular weight is 395 g/mol. The molecule has 150 valence electrons. The molecule has 3 amide bonds. The molecular weight excluding hydrogens is 375 g/mol. The van der Waals surface area contributed by atoms with Crippen molar-refractivity contribution in [2.24, 2.45) is 0 Å². The van der Waals surface area contributed by atoms with Crippen LogP contribution >= 0.6 is 0 Å². The van der Waals surface area contributed by atoms with Gasteiger partial charge in [0.25, 0.3) is 0 Å². The van der Waals surface area contributed by atoms with Crippen LogP contribution in [0.3, 0.4) is 0 Å². The number of amides is 3. The van der Waals surface area contributed by atoms with Gasteiger partial charge in [-0.05, 0) is 30.7 Å². The summed E-state index contributed by atoms with van der Waals surface area (Å²) in [7, 11) is 1.42. The van der Waals surface area contributed by atoms with Crippen molar-refractivity contribution < 1.29 is 27.5 Å². The summed E-state index contributed by atoms with van der Waals surface area (Å²) in [5.74, 6) is -0.846. The zero-order chi connectivity index (χ0) is 20.7. The number of halogens is 3. The monoisotopic (exact) mass is 395 g/mol. The Labute approximate surface area is 160 Å². The number of carbonyl (C=O) groups is 2. The van der Waals surface area contributed by atoms with Crippen molar-refractivity contribution in [3.63, 3.8) is 0 Å². The van der Waals surface area contributed by atoms with E-state index in [9.17, 15) is 22.8 Å². The SMILES string of the molecule is Cc1cccc(NC(=O)NCC(=O)N(C)Cc2ccccc2OC(F)(F)F)c1. The van der Waals surface area contributed by atoms with Crippen LogP contribution < -0.4 is 15.4 Å². The zero-order valence-corrected chi connectivity index (χ0v) is 15.3. The number of rotatable bonds is 6. The topological polar surface area (TPSA) is 70.7 Å². The van der Waals surface area contributed by atoms with Gasteiger partial charge in [0, 0.05) is 24.8 Å². The highest BCUT2D eigenvalue weighted by Gasteiger charge is 2.32. The molecule has 0 saturated carbocycles. The number of urea groups is 1. The maximum atomic E-state index is 12.5. The lowest BCUT2D eigenvalue weighted by molar-refractivity contribution is -0.275. The fourth-order valence-corrected chi connectivity index (χ4v) is 2.39. The largest absolute Gasteiger partial charge is 0.573 e. The summed E-state index contributed by atoms with van der Waals surface area (Å²) in [6.07, 6.45) is -4.83. The second kappa shape index (κ2) is 9.12. The maximum absolute atomic E-state index is 12.5. The Morgan fingerprint density at radius 3 is 2.50 bits per heavy atom. The van der Waals surface area contributed by atoms with Crippen LogP contribution in [-0.4, -0.2) is 36.8 Å². The van der Waals surface area contributed by atoms with Gasteiger partial charge in [0.2, 0.25) is 5.91 Å². The molecule has 6 nitrogen and oxygen atoms in total. The van der Waals surface area contributed by atoms with E-state index in [0.717, 1.165) is 5.56 Å². The molecule has 0 aromatic heterocycles. The van der Waals surface area contributed by atoms with Gasteiger partial charge in [0.1, 0.15) is 5.75 Å². The minimum Gasteiger partial charge on any atom is -0.405 e. The molecule has 0 aliphatic carbocycles. The van der Waals surface area contributed by atoms with Crippen molar-refractivity contribution in [3.8, 4) is 5.75 Å². The summed E-state index contributed by atoms with van der Waals surface area (Å²) in [5.41, 5.74) is 1.74. The molecule has 2 aromatic rings. The van der Waals surface area contributed by atoms with E-state index in [1.165, 1.54) is 30.1 Å². The number of anilines is 1. The standard InChI is InChI=1S/C19H20F3N3O3/c1-13-6-5-8-15(10-13)24-18(27)23-11-17(26)25(2)12-14-7-3-4-9-16(14)28-19(20,21)22/h3-10H,11-12H2,1-2H3,(H2,23,24,27). The van der Waals surface area contributed by atoms with Gasteiger partial charge in [-0.1, -0.05) is 30.3 Å². The van der Waals surface area contributed by atoms with E-state index in [1.54, 1.807) is 24.3 Å². The summed E-state index contributed by atoms with van der Waals surface area (Å²) < 4.78 is 41.4. The number of alkyl halides is 3. The van der Waals surface area contributed by atoms with Crippen LogP contribution in [0.2, 0.25) is 0 Å². The minimum absolute atomic E-state index is 0.105. The van der Waals surface area contributed by atoms with Crippen LogP contribution in [-0.2, 0) is 11.3 Å². The lowest BCUT2D eigenvalue weighted by atomic mass is 10.2. The summed E-state index contributed by atoms with van der Waals surface area (Å²) in [4.78, 5) is 25.3. The highest BCUT2D eigenvalue weighted by Crippen LogP contribution is 2.26. The lowest BCUT2D eigenvalue weighted by Gasteiger charge is -2.20. The molecule has 0 atom stereocenters. The molecule has 0 aliphatic rings. The first-order chi connectivity index (χ1) is 13.1. The van der Waals surface area contributed by atoms with E-state index >= 15 is 0 Å².